The van der Waals surface area contributed by atoms with Crippen molar-refractivity contribution in [1.29, 1.82) is 0 Å². The molecule has 0 aliphatic carbocycles. The molecule has 0 heterocycles. The average molecular weight is 250 g/mol. The summed E-state index contributed by atoms with van der Waals surface area (Å²) in [6.45, 7) is 2.28. The van der Waals surface area contributed by atoms with Crippen LogP contribution in [0.3, 0.4) is 0 Å². The summed E-state index contributed by atoms with van der Waals surface area (Å²) in [5.74, 6) is -0.251. The molecule has 0 spiro atoms. The molecule has 0 aliphatic heterocycles. The minimum atomic E-state index is -0.644. The summed E-state index contributed by atoms with van der Waals surface area (Å²) in [5, 5.41) is 5.19. The quantitative estimate of drug-likeness (QED) is 0.628. The Morgan fingerprint density at radius 2 is 1.89 bits per heavy atom. The van der Waals surface area contributed by atoms with E-state index in [0.717, 1.165) is 0 Å². The Morgan fingerprint density at radius 1 is 1.28 bits per heavy atom. The summed E-state index contributed by atoms with van der Waals surface area (Å²) < 4.78 is 0. The van der Waals surface area contributed by atoms with E-state index in [1.807, 2.05) is 6.92 Å². The van der Waals surface area contributed by atoms with Crippen LogP contribution in [-0.2, 0) is 4.79 Å². The number of carbonyl (C=O) groups excluding carboxylic acids is 2. The van der Waals surface area contributed by atoms with Gasteiger partial charge in [-0.1, -0.05) is 13.0 Å². The molecule has 1 aromatic carbocycles. The van der Waals surface area contributed by atoms with Crippen LogP contribution >= 0.6 is 0 Å². The summed E-state index contributed by atoms with van der Waals surface area (Å²) in [6.07, 6.45) is 0.630. The molecule has 98 valence electrons. The number of hydrogen-bond acceptors (Lipinski definition) is 3. The Bertz CT molecular complexity index is 434. The molecule has 0 aromatic heterocycles. The number of nitrogens with one attached hydrogen (secondary N) is 2. The minimum Gasteiger partial charge on any atom is -0.351 e. The monoisotopic (exact) mass is 250 g/mol. The zero-order chi connectivity index (χ0) is 13.5. The van der Waals surface area contributed by atoms with Crippen LogP contribution in [0.25, 0.3) is 0 Å². The van der Waals surface area contributed by atoms with Crippen molar-refractivity contribution < 1.29 is 9.59 Å². The Morgan fingerprint density at radius 3 is 2.44 bits per heavy atom. The number of anilines is 2. The zero-order valence-corrected chi connectivity index (χ0v) is 10.3. The minimum absolute atomic E-state index is 0.100. The van der Waals surface area contributed by atoms with Gasteiger partial charge in [0.15, 0.2) is 0 Å². The second-order valence-corrected chi connectivity index (χ2v) is 4.04. The van der Waals surface area contributed by atoms with Gasteiger partial charge in [-0.15, -0.1) is 0 Å². The number of hydrogen-bond donors (Lipinski definition) is 4. The molecular formula is C12H18N4O2. The van der Waals surface area contributed by atoms with E-state index >= 15 is 0 Å². The second kappa shape index (κ2) is 6.61. The van der Waals surface area contributed by atoms with Crippen molar-refractivity contribution in [2.24, 2.45) is 17.4 Å². The van der Waals surface area contributed by atoms with E-state index < -0.39 is 6.03 Å². The maximum Gasteiger partial charge on any atom is 0.316 e. The molecule has 0 saturated heterocycles. The van der Waals surface area contributed by atoms with E-state index in [9.17, 15) is 9.59 Å². The largest absolute Gasteiger partial charge is 0.351 e. The lowest BCUT2D eigenvalue weighted by atomic mass is 10.1. The second-order valence-electron chi connectivity index (χ2n) is 4.04. The van der Waals surface area contributed by atoms with Crippen molar-refractivity contribution in [1.82, 2.24) is 0 Å². The van der Waals surface area contributed by atoms with E-state index in [2.05, 4.69) is 10.6 Å². The van der Waals surface area contributed by atoms with Gasteiger partial charge in [-0.2, -0.15) is 0 Å². The third kappa shape index (κ3) is 4.42. The highest BCUT2D eigenvalue weighted by Gasteiger charge is 2.12. The Hall–Kier alpha value is -2.08. The van der Waals surface area contributed by atoms with Gasteiger partial charge < -0.3 is 22.1 Å². The normalized spacial score (nSPS) is 11.7. The predicted octanol–water partition coefficient (Wildman–Crippen LogP) is 1.10. The number of amides is 3. The van der Waals surface area contributed by atoms with Crippen LogP contribution in [0.4, 0.5) is 16.2 Å². The molecule has 0 bridgehead atoms. The average Bonchev–Trinajstić information content (AvgIpc) is 2.28. The fraction of sp³-hybridized carbons (Fsp3) is 0.333. The summed E-state index contributed by atoms with van der Waals surface area (Å²) >= 11 is 0. The molecule has 1 atom stereocenters. The van der Waals surface area contributed by atoms with Gasteiger partial charge in [-0.25, -0.2) is 4.79 Å². The highest BCUT2D eigenvalue weighted by molar-refractivity contribution is 5.94. The topological polar surface area (TPSA) is 110 Å². The molecule has 6 N–H and O–H groups in total. The molecule has 1 rings (SSSR count). The molecular weight excluding hydrogens is 232 g/mol. The van der Waals surface area contributed by atoms with Gasteiger partial charge in [0, 0.05) is 17.3 Å². The van der Waals surface area contributed by atoms with E-state index in [-0.39, 0.29) is 11.8 Å². The fourth-order valence-corrected chi connectivity index (χ4v) is 1.46. The van der Waals surface area contributed by atoms with E-state index in [1.54, 1.807) is 24.3 Å². The zero-order valence-electron chi connectivity index (χ0n) is 10.3. The molecule has 1 aromatic rings. The lowest BCUT2D eigenvalue weighted by molar-refractivity contribution is -0.119. The molecule has 1 unspecified atom stereocenters. The van der Waals surface area contributed by atoms with Crippen LogP contribution in [0.2, 0.25) is 0 Å². The number of nitrogens with two attached hydrogens (primary N) is 2. The fourth-order valence-electron chi connectivity index (χ4n) is 1.46. The van der Waals surface area contributed by atoms with Crippen molar-refractivity contribution in [2.45, 2.75) is 13.3 Å². The van der Waals surface area contributed by atoms with Gasteiger partial charge in [0.2, 0.25) is 5.91 Å². The van der Waals surface area contributed by atoms with Gasteiger partial charge >= 0.3 is 6.03 Å². The molecule has 6 nitrogen and oxygen atoms in total. The van der Waals surface area contributed by atoms with Gasteiger partial charge in [0.25, 0.3) is 0 Å². The van der Waals surface area contributed by atoms with Crippen molar-refractivity contribution >= 4 is 23.3 Å². The van der Waals surface area contributed by atoms with E-state index in [4.69, 9.17) is 11.5 Å². The first-order valence-corrected chi connectivity index (χ1v) is 5.70. The van der Waals surface area contributed by atoms with Gasteiger partial charge in [0.05, 0.1) is 0 Å². The van der Waals surface area contributed by atoms with Crippen LogP contribution in [0.15, 0.2) is 24.3 Å². The maximum absolute atomic E-state index is 11.8. The molecule has 3 amide bonds. The van der Waals surface area contributed by atoms with Crippen molar-refractivity contribution in [3.05, 3.63) is 24.3 Å². The van der Waals surface area contributed by atoms with Gasteiger partial charge in [0.1, 0.15) is 0 Å². The molecule has 6 heteroatoms. The van der Waals surface area contributed by atoms with Crippen molar-refractivity contribution in [3.8, 4) is 0 Å². The Labute approximate surface area is 106 Å². The van der Waals surface area contributed by atoms with Crippen LogP contribution < -0.4 is 22.1 Å². The summed E-state index contributed by atoms with van der Waals surface area (Å²) in [4.78, 5) is 22.5. The molecule has 18 heavy (non-hydrogen) atoms. The van der Waals surface area contributed by atoms with Crippen LogP contribution in [0.1, 0.15) is 13.3 Å². The maximum atomic E-state index is 11.8. The summed E-state index contributed by atoms with van der Waals surface area (Å²) in [5.41, 5.74) is 11.6. The lowest BCUT2D eigenvalue weighted by Crippen LogP contribution is -2.23. The standard InChI is InChI=1S/C12H18N4O2/c1-8(5-6-13)11(17)15-9-3-2-4-10(7-9)16-12(14)18/h2-4,7-8H,5-6,13H2,1H3,(H,15,17)(H3,14,16,18). The first-order chi connectivity index (χ1) is 8.52. The smallest absolute Gasteiger partial charge is 0.316 e. The van der Waals surface area contributed by atoms with Crippen LogP contribution in [0.5, 0.6) is 0 Å². The lowest BCUT2D eigenvalue weighted by Gasteiger charge is -2.12. The first-order valence-electron chi connectivity index (χ1n) is 5.70. The summed E-state index contributed by atoms with van der Waals surface area (Å²) in [7, 11) is 0. The number of primary amides is 1. The molecule has 0 radical (unpaired) electrons. The summed E-state index contributed by atoms with van der Waals surface area (Å²) in [6, 6.07) is 6.13. The highest BCUT2D eigenvalue weighted by Crippen LogP contribution is 2.16. The predicted molar refractivity (Wildman–Crippen MR) is 71.1 cm³/mol. The number of benzene rings is 1. The van der Waals surface area contributed by atoms with E-state index in [0.29, 0.717) is 24.3 Å². The number of urea groups is 1. The Balaban J connectivity index is 2.67. The molecule has 0 saturated carbocycles. The number of rotatable bonds is 5. The third-order valence-corrected chi connectivity index (χ3v) is 2.44. The highest BCUT2D eigenvalue weighted by atomic mass is 16.2. The van der Waals surface area contributed by atoms with Gasteiger partial charge in [-0.3, -0.25) is 4.79 Å². The van der Waals surface area contributed by atoms with Crippen LogP contribution in [-0.4, -0.2) is 18.5 Å². The van der Waals surface area contributed by atoms with Crippen LogP contribution in [0, 0.1) is 5.92 Å². The SMILES string of the molecule is CC(CCN)C(=O)Nc1cccc(NC(N)=O)c1. The third-order valence-electron chi connectivity index (χ3n) is 2.44. The first kappa shape index (κ1) is 14.0. The van der Waals surface area contributed by atoms with Crippen molar-refractivity contribution in [2.75, 3.05) is 17.2 Å². The van der Waals surface area contributed by atoms with Gasteiger partial charge in [-0.05, 0) is 31.2 Å². The van der Waals surface area contributed by atoms with E-state index in [1.165, 1.54) is 0 Å². The number of carbonyl (C=O) groups is 2. The Kier molecular flexibility index (Phi) is 5.13. The molecule has 0 aliphatic rings. The molecule has 0 fully saturated rings. The van der Waals surface area contributed by atoms with Crippen molar-refractivity contribution in [3.63, 3.8) is 0 Å².